The first-order chi connectivity index (χ1) is 11.1. The Morgan fingerprint density at radius 2 is 1.75 bits per heavy atom. The van der Waals surface area contributed by atoms with Crippen molar-refractivity contribution in [2.75, 3.05) is 27.8 Å². The predicted molar refractivity (Wildman–Crippen MR) is 84.8 cm³/mol. The molecule has 0 heterocycles. The summed E-state index contributed by atoms with van der Waals surface area (Å²) in [6.45, 7) is 1.84. The number of nitrogens with one attached hydrogen (secondary N) is 1. The lowest BCUT2D eigenvalue weighted by atomic mass is 10.1. The molecule has 0 unspecified atom stereocenters. The lowest BCUT2D eigenvalue weighted by Crippen LogP contribution is -2.36. The van der Waals surface area contributed by atoms with Crippen molar-refractivity contribution in [3.63, 3.8) is 0 Å². The second kappa shape index (κ2) is 13.5. The van der Waals surface area contributed by atoms with E-state index >= 15 is 0 Å². The first-order valence-electron chi connectivity index (χ1n) is 6.81. The van der Waals surface area contributed by atoms with Crippen LogP contribution in [0.4, 0.5) is 13.2 Å². The summed E-state index contributed by atoms with van der Waals surface area (Å²) < 4.78 is 40.5. The highest BCUT2D eigenvalue weighted by Gasteiger charge is 2.29. The van der Waals surface area contributed by atoms with Crippen LogP contribution in [-0.4, -0.2) is 45.0 Å². The van der Waals surface area contributed by atoms with Crippen molar-refractivity contribution in [2.45, 2.75) is 19.6 Å². The first-order valence-corrected chi connectivity index (χ1v) is 6.81. The van der Waals surface area contributed by atoms with Gasteiger partial charge >= 0.3 is 6.18 Å². The molecule has 0 saturated carbocycles. The number of rotatable bonds is 4. The number of amides is 1. The van der Waals surface area contributed by atoms with Crippen molar-refractivity contribution in [1.82, 2.24) is 10.3 Å². The predicted octanol–water partition coefficient (Wildman–Crippen LogP) is 1.59. The lowest BCUT2D eigenvalue weighted by molar-refractivity contribution is -0.137. The van der Waals surface area contributed by atoms with E-state index < -0.39 is 11.7 Å². The topological polar surface area (TPSA) is 84.7 Å². The van der Waals surface area contributed by atoms with Gasteiger partial charge in [0.1, 0.15) is 6.29 Å². The van der Waals surface area contributed by atoms with Crippen LogP contribution in [0.1, 0.15) is 18.1 Å². The zero-order valence-electron chi connectivity index (χ0n) is 14.2. The third-order valence-electron chi connectivity index (χ3n) is 2.34. The van der Waals surface area contributed by atoms with Crippen LogP contribution >= 0.6 is 0 Å². The van der Waals surface area contributed by atoms with Gasteiger partial charge in [0.25, 0.3) is 0 Å². The van der Waals surface area contributed by atoms with E-state index in [0.717, 1.165) is 22.7 Å². The molecule has 0 fully saturated rings. The molecule has 1 rings (SSSR count). The molecule has 138 valence electrons. The van der Waals surface area contributed by atoms with Crippen molar-refractivity contribution >= 4 is 12.2 Å². The number of carbonyl (C=O) groups excluding carboxylic acids is 2. The smallest absolute Gasteiger partial charge is 0.388 e. The van der Waals surface area contributed by atoms with E-state index in [9.17, 15) is 22.8 Å². The monoisotopic (exact) mass is 351 g/mol. The molecule has 1 aromatic carbocycles. The molecule has 0 aliphatic rings. The largest absolute Gasteiger partial charge is 0.416 e. The summed E-state index contributed by atoms with van der Waals surface area (Å²) in [7, 11) is 5.00. The van der Waals surface area contributed by atoms with Crippen LogP contribution in [0.15, 0.2) is 24.3 Å². The Labute approximate surface area is 139 Å². The van der Waals surface area contributed by atoms with E-state index in [0.29, 0.717) is 12.8 Å². The minimum atomic E-state index is -4.24. The molecular weight excluding hydrogens is 327 g/mol. The molecule has 0 atom stereocenters. The zero-order valence-corrected chi connectivity index (χ0v) is 14.2. The van der Waals surface area contributed by atoms with Crippen LogP contribution in [0.2, 0.25) is 0 Å². The van der Waals surface area contributed by atoms with E-state index in [1.807, 2.05) is 0 Å². The van der Waals surface area contributed by atoms with Gasteiger partial charge in [0.05, 0.1) is 12.1 Å². The number of carbonyl (C=O) groups is 2. The van der Waals surface area contributed by atoms with Gasteiger partial charge in [-0.3, -0.25) is 9.80 Å². The molecule has 0 aromatic heterocycles. The maximum atomic E-state index is 12.1. The summed E-state index contributed by atoms with van der Waals surface area (Å²) in [5.41, 5.74) is 0.239. The fraction of sp³-hybridized carbons (Fsp3) is 0.467. The van der Waals surface area contributed by atoms with E-state index in [1.165, 1.54) is 19.1 Å². The molecule has 0 aliphatic heterocycles. The summed E-state index contributed by atoms with van der Waals surface area (Å²) in [5.74, 6) is 4.67. The lowest BCUT2D eigenvalue weighted by Gasteiger charge is -2.07. The molecule has 6 nitrogen and oxygen atoms in total. The molecule has 24 heavy (non-hydrogen) atoms. The van der Waals surface area contributed by atoms with E-state index in [4.69, 9.17) is 5.84 Å². The summed E-state index contributed by atoms with van der Waals surface area (Å²) in [4.78, 5) is 19.8. The summed E-state index contributed by atoms with van der Waals surface area (Å²) in [6, 6.07) is 5.12. The maximum Gasteiger partial charge on any atom is 0.416 e. The van der Waals surface area contributed by atoms with E-state index in [-0.39, 0.29) is 12.5 Å². The number of hydrazine groups is 1. The van der Waals surface area contributed by atoms with Gasteiger partial charge in [-0.15, -0.1) is 0 Å². The molecule has 9 heteroatoms. The van der Waals surface area contributed by atoms with Gasteiger partial charge in [-0.2, -0.15) is 13.2 Å². The number of aldehydes is 1. The average molecular weight is 351 g/mol. The normalized spacial score (nSPS) is 9.83. The van der Waals surface area contributed by atoms with Crippen LogP contribution in [0, 0.1) is 0 Å². The minimum Gasteiger partial charge on any atom is -0.388 e. The Bertz CT molecular complexity index is 465. The van der Waals surface area contributed by atoms with Crippen LogP contribution < -0.4 is 11.2 Å². The summed E-state index contributed by atoms with van der Waals surface area (Å²) in [5, 5.41) is 3.70. The number of hydrogen-bond donors (Lipinski definition) is 2. The van der Waals surface area contributed by atoms with Crippen LogP contribution in [0.25, 0.3) is 0 Å². The number of methoxy groups -OCH3 is 1. The maximum absolute atomic E-state index is 12.1. The van der Waals surface area contributed by atoms with Gasteiger partial charge in [0.2, 0.25) is 5.91 Å². The van der Waals surface area contributed by atoms with Crippen molar-refractivity contribution in [2.24, 2.45) is 5.84 Å². The highest BCUT2D eigenvalue weighted by molar-refractivity contribution is 5.75. The van der Waals surface area contributed by atoms with Crippen molar-refractivity contribution in [3.8, 4) is 0 Å². The molecule has 0 saturated heterocycles. The molecule has 3 N–H and O–H groups in total. The SMILES string of the molecule is CC(=O)N(N)CC=O.CNCc1ccc(C(F)(F)F)cc1.COC. The number of ether oxygens (including phenoxy) is 1. The van der Waals surface area contributed by atoms with E-state index in [2.05, 4.69) is 10.1 Å². The Balaban J connectivity index is 0. The third kappa shape index (κ3) is 12.6. The number of nitrogens with zero attached hydrogens (tertiary/aromatic N) is 1. The van der Waals surface area contributed by atoms with Crippen LogP contribution in [0.3, 0.4) is 0 Å². The Morgan fingerprint density at radius 1 is 1.29 bits per heavy atom. The van der Waals surface area contributed by atoms with Gasteiger partial charge < -0.3 is 14.8 Å². The van der Waals surface area contributed by atoms with Gasteiger partial charge in [-0.25, -0.2) is 5.84 Å². The first kappa shape index (κ1) is 24.3. The van der Waals surface area contributed by atoms with Gasteiger partial charge in [0.15, 0.2) is 0 Å². The molecule has 0 spiro atoms. The van der Waals surface area contributed by atoms with Crippen LogP contribution in [0.5, 0.6) is 0 Å². The van der Waals surface area contributed by atoms with Gasteiger partial charge in [0, 0.05) is 27.7 Å². The molecule has 0 bridgehead atoms. The van der Waals surface area contributed by atoms with E-state index in [1.54, 1.807) is 21.3 Å². The second-order valence-corrected chi connectivity index (χ2v) is 4.47. The highest BCUT2D eigenvalue weighted by Crippen LogP contribution is 2.28. The van der Waals surface area contributed by atoms with Crippen molar-refractivity contribution in [1.29, 1.82) is 0 Å². The van der Waals surface area contributed by atoms with Gasteiger partial charge in [-0.1, -0.05) is 12.1 Å². The Kier molecular flexibility index (Phi) is 13.6. The number of halogens is 3. The quantitative estimate of drug-likeness (QED) is 0.372. The minimum absolute atomic E-state index is 0.0324. The number of nitrogens with two attached hydrogens (primary N) is 1. The van der Waals surface area contributed by atoms with Crippen LogP contribution in [-0.2, 0) is 27.0 Å². The Morgan fingerprint density at radius 3 is 2.00 bits per heavy atom. The second-order valence-electron chi connectivity index (χ2n) is 4.47. The molecule has 0 radical (unpaired) electrons. The van der Waals surface area contributed by atoms with Crippen molar-refractivity contribution < 1.29 is 27.5 Å². The summed E-state index contributed by atoms with van der Waals surface area (Å²) >= 11 is 0. The number of hydrogen-bond acceptors (Lipinski definition) is 5. The standard InChI is InChI=1S/C9H10F3N.C4H8N2O2.C2H6O/c1-13-6-7-2-4-8(5-3-7)9(10,11)12;1-4(8)6(5)2-3-7;1-3-2/h2-5,13H,6H2,1H3;3H,2,5H2,1H3;1-2H3. The molecule has 1 aromatic rings. The molecular formula is C15H24F3N3O3. The number of benzene rings is 1. The molecule has 0 aliphatic carbocycles. The van der Waals surface area contributed by atoms with Crippen molar-refractivity contribution in [3.05, 3.63) is 35.4 Å². The Hall–Kier alpha value is -1.97. The highest BCUT2D eigenvalue weighted by atomic mass is 19.4. The average Bonchev–Trinajstić information content (AvgIpc) is 2.49. The van der Waals surface area contributed by atoms with Gasteiger partial charge in [-0.05, 0) is 24.7 Å². The zero-order chi connectivity index (χ0) is 19.2. The molecule has 1 amide bonds. The number of alkyl halides is 3. The summed E-state index contributed by atoms with van der Waals surface area (Å²) in [6.07, 6.45) is -3.67. The third-order valence-corrected chi connectivity index (χ3v) is 2.34. The fourth-order valence-corrected chi connectivity index (χ4v) is 1.22. The fourth-order valence-electron chi connectivity index (χ4n) is 1.22.